The van der Waals surface area contributed by atoms with Crippen molar-refractivity contribution >= 4 is 17.5 Å². The molecule has 2 aromatic carbocycles. The molecule has 0 aliphatic carbocycles. The largest absolute Gasteiger partial charge is 0.338 e. The van der Waals surface area contributed by atoms with Gasteiger partial charge in [-0.1, -0.05) is 36.2 Å². The summed E-state index contributed by atoms with van der Waals surface area (Å²) < 4.78 is 13.8. The Balaban J connectivity index is 1.80. The van der Waals surface area contributed by atoms with Crippen LogP contribution in [0.15, 0.2) is 42.5 Å². The van der Waals surface area contributed by atoms with Crippen LogP contribution in [0.3, 0.4) is 0 Å². The molecule has 1 unspecified atom stereocenters. The lowest BCUT2D eigenvalue weighted by Crippen LogP contribution is -2.34. The van der Waals surface area contributed by atoms with Crippen LogP contribution in [0, 0.1) is 12.7 Å². The Morgan fingerprint density at radius 2 is 1.92 bits per heavy atom. The van der Waals surface area contributed by atoms with E-state index in [2.05, 4.69) is 0 Å². The number of halogens is 2. The van der Waals surface area contributed by atoms with E-state index in [-0.39, 0.29) is 11.7 Å². The minimum atomic E-state index is -0.329. The molecule has 0 aromatic heterocycles. The van der Waals surface area contributed by atoms with Crippen LogP contribution in [-0.2, 0) is 0 Å². The molecule has 1 saturated heterocycles. The van der Waals surface area contributed by atoms with Gasteiger partial charge >= 0.3 is 0 Å². The normalized spacial score (nSPS) is 18.3. The van der Waals surface area contributed by atoms with E-state index in [1.165, 1.54) is 11.6 Å². The maximum atomic E-state index is 13.8. The molecule has 1 fully saturated rings. The number of carbonyl (C=O) groups is 1. The van der Waals surface area contributed by atoms with Gasteiger partial charge in [-0.15, -0.1) is 0 Å². The number of hydrogen-bond acceptors (Lipinski definition) is 1. The summed E-state index contributed by atoms with van der Waals surface area (Å²) in [6.45, 7) is 3.08. The van der Waals surface area contributed by atoms with Crippen molar-refractivity contribution in [2.45, 2.75) is 32.1 Å². The third-order valence-corrected chi connectivity index (χ3v) is 4.97. The molecule has 0 N–H and O–H groups in total. The molecular weight excluding hydrogens is 325 g/mol. The second-order valence-corrected chi connectivity index (χ2v) is 6.90. The molecule has 1 heterocycles. The lowest BCUT2D eigenvalue weighted by atomic mass is 9.94. The number of hydrogen-bond donors (Lipinski definition) is 0. The standard InChI is InChI=1S/C20H21ClFNO/c1-14-5-6-16(12-19(14)22)20(24)23-11-3-2-4-17(13-23)15-7-9-18(21)10-8-15/h5-10,12,17H,2-4,11,13H2,1H3. The zero-order chi connectivity index (χ0) is 17.1. The number of aryl methyl sites for hydroxylation is 1. The summed E-state index contributed by atoms with van der Waals surface area (Å²) >= 11 is 5.97. The number of rotatable bonds is 2. The van der Waals surface area contributed by atoms with Crippen LogP contribution in [-0.4, -0.2) is 23.9 Å². The second kappa shape index (κ2) is 7.35. The molecule has 2 aromatic rings. The number of carbonyl (C=O) groups excluding carboxylic acids is 1. The minimum Gasteiger partial charge on any atom is -0.338 e. The first-order chi connectivity index (χ1) is 11.5. The third kappa shape index (κ3) is 3.78. The summed E-state index contributed by atoms with van der Waals surface area (Å²) in [5.41, 5.74) is 2.19. The van der Waals surface area contributed by atoms with E-state index in [1.807, 2.05) is 29.2 Å². The van der Waals surface area contributed by atoms with Crippen molar-refractivity contribution in [3.8, 4) is 0 Å². The Bertz CT molecular complexity index is 729. The highest BCUT2D eigenvalue weighted by Crippen LogP contribution is 2.28. The van der Waals surface area contributed by atoms with Crippen molar-refractivity contribution in [1.82, 2.24) is 4.90 Å². The predicted octanol–water partition coefficient (Wildman–Crippen LogP) is 5.20. The predicted molar refractivity (Wildman–Crippen MR) is 95.1 cm³/mol. The fourth-order valence-electron chi connectivity index (χ4n) is 3.24. The zero-order valence-electron chi connectivity index (χ0n) is 13.8. The lowest BCUT2D eigenvalue weighted by molar-refractivity contribution is 0.0754. The number of likely N-dealkylation sites (tertiary alicyclic amines) is 1. The van der Waals surface area contributed by atoms with Crippen molar-refractivity contribution in [3.63, 3.8) is 0 Å². The van der Waals surface area contributed by atoms with Crippen LogP contribution in [0.25, 0.3) is 0 Å². The van der Waals surface area contributed by atoms with Crippen LogP contribution in [0.5, 0.6) is 0 Å². The van der Waals surface area contributed by atoms with Gasteiger partial charge in [-0.2, -0.15) is 0 Å². The van der Waals surface area contributed by atoms with Crippen LogP contribution in [0.2, 0.25) is 5.02 Å². The summed E-state index contributed by atoms with van der Waals surface area (Å²) in [4.78, 5) is 14.6. The van der Waals surface area contributed by atoms with Gasteiger partial charge in [0.2, 0.25) is 0 Å². The highest BCUT2D eigenvalue weighted by atomic mass is 35.5. The summed E-state index contributed by atoms with van der Waals surface area (Å²) in [5, 5.41) is 0.718. The molecule has 0 bridgehead atoms. The maximum Gasteiger partial charge on any atom is 0.253 e. The summed E-state index contributed by atoms with van der Waals surface area (Å²) in [7, 11) is 0. The van der Waals surface area contributed by atoms with E-state index in [0.717, 1.165) is 30.8 Å². The smallest absolute Gasteiger partial charge is 0.253 e. The van der Waals surface area contributed by atoms with Gasteiger partial charge in [0.25, 0.3) is 5.91 Å². The number of amides is 1. The van der Waals surface area contributed by atoms with Crippen molar-refractivity contribution in [3.05, 3.63) is 70.0 Å². The number of nitrogens with zero attached hydrogens (tertiary/aromatic N) is 1. The maximum absolute atomic E-state index is 13.8. The molecule has 0 radical (unpaired) electrons. The quantitative estimate of drug-likeness (QED) is 0.732. The summed E-state index contributed by atoms with van der Waals surface area (Å²) in [6.07, 6.45) is 3.11. The Morgan fingerprint density at radius 1 is 1.17 bits per heavy atom. The van der Waals surface area contributed by atoms with Gasteiger partial charge in [0, 0.05) is 29.6 Å². The molecular formula is C20H21ClFNO. The summed E-state index contributed by atoms with van der Waals surface area (Å²) in [6, 6.07) is 12.6. The highest BCUT2D eigenvalue weighted by Gasteiger charge is 2.24. The fourth-order valence-corrected chi connectivity index (χ4v) is 3.37. The minimum absolute atomic E-state index is 0.0882. The van der Waals surface area contributed by atoms with E-state index in [4.69, 9.17) is 11.6 Å². The third-order valence-electron chi connectivity index (χ3n) is 4.72. The van der Waals surface area contributed by atoms with E-state index in [9.17, 15) is 9.18 Å². The van der Waals surface area contributed by atoms with Gasteiger partial charge in [-0.3, -0.25) is 4.79 Å². The van der Waals surface area contributed by atoms with E-state index < -0.39 is 0 Å². The van der Waals surface area contributed by atoms with Gasteiger partial charge in [-0.25, -0.2) is 4.39 Å². The van der Waals surface area contributed by atoms with Crippen LogP contribution in [0.1, 0.15) is 46.7 Å². The van der Waals surface area contributed by atoms with Crippen molar-refractivity contribution in [2.75, 3.05) is 13.1 Å². The molecule has 3 rings (SSSR count). The van der Waals surface area contributed by atoms with Gasteiger partial charge < -0.3 is 4.90 Å². The molecule has 1 atom stereocenters. The van der Waals surface area contributed by atoms with Crippen molar-refractivity contribution in [1.29, 1.82) is 0 Å². The Kier molecular flexibility index (Phi) is 5.20. The molecule has 2 nitrogen and oxygen atoms in total. The van der Waals surface area contributed by atoms with Crippen molar-refractivity contribution < 1.29 is 9.18 Å². The first-order valence-corrected chi connectivity index (χ1v) is 8.73. The Morgan fingerprint density at radius 3 is 2.62 bits per heavy atom. The molecule has 0 saturated carbocycles. The SMILES string of the molecule is Cc1ccc(C(=O)N2CCCCC(c3ccc(Cl)cc3)C2)cc1F. The van der Waals surface area contributed by atoms with Crippen LogP contribution in [0.4, 0.5) is 4.39 Å². The monoisotopic (exact) mass is 345 g/mol. The Hall–Kier alpha value is -1.87. The highest BCUT2D eigenvalue weighted by molar-refractivity contribution is 6.30. The van der Waals surface area contributed by atoms with Crippen LogP contribution >= 0.6 is 11.6 Å². The first kappa shape index (κ1) is 17.0. The van der Waals surface area contributed by atoms with E-state index in [0.29, 0.717) is 23.6 Å². The average molecular weight is 346 g/mol. The van der Waals surface area contributed by atoms with E-state index in [1.54, 1.807) is 19.1 Å². The van der Waals surface area contributed by atoms with E-state index >= 15 is 0 Å². The van der Waals surface area contributed by atoms with Gasteiger partial charge in [0.15, 0.2) is 0 Å². The van der Waals surface area contributed by atoms with Gasteiger partial charge in [0.05, 0.1) is 0 Å². The summed E-state index contributed by atoms with van der Waals surface area (Å²) in [5.74, 6) is -0.122. The number of benzene rings is 2. The molecule has 24 heavy (non-hydrogen) atoms. The lowest BCUT2D eigenvalue weighted by Gasteiger charge is -2.25. The first-order valence-electron chi connectivity index (χ1n) is 8.35. The second-order valence-electron chi connectivity index (χ2n) is 6.46. The topological polar surface area (TPSA) is 20.3 Å². The molecule has 126 valence electrons. The van der Waals surface area contributed by atoms with Gasteiger partial charge in [-0.05, 0) is 55.2 Å². The molecule has 1 aliphatic rings. The fraction of sp³-hybridized carbons (Fsp3) is 0.350. The molecule has 1 aliphatic heterocycles. The molecule has 1 amide bonds. The van der Waals surface area contributed by atoms with Crippen LogP contribution < -0.4 is 0 Å². The van der Waals surface area contributed by atoms with Crippen molar-refractivity contribution in [2.24, 2.45) is 0 Å². The Labute approximate surface area is 147 Å². The van der Waals surface area contributed by atoms with Gasteiger partial charge in [0.1, 0.15) is 5.82 Å². The zero-order valence-corrected chi connectivity index (χ0v) is 14.5. The average Bonchev–Trinajstić information content (AvgIpc) is 2.83. The molecule has 0 spiro atoms. The molecule has 4 heteroatoms.